The number of nitrogens with zero attached hydrogens (tertiary/aromatic N) is 2. The molecular weight excluding hydrogens is 629 g/mol. The maximum absolute atomic E-state index is 14.5. The average molecular weight is 666 g/mol. The van der Waals surface area contributed by atoms with Crippen LogP contribution in [0, 0.1) is 5.82 Å². The summed E-state index contributed by atoms with van der Waals surface area (Å²) in [5.41, 5.74) is 1.41. The summed E-state index contributed by atoms with van der Waals surface area (Å²) in [5.74, 6) is -1.33. The maximum atomic E-state index is 14.5. The van der Waals surface area contributed by atoms with Crippen molar-refractivity contribution in [2.45, 2.75) is 50.2 Å². The van der Waals surface area contributed by atoms with Gasteiger partial charge in [-0.15, -0.1) is 0 Å². The van der Waals surface area contributed by atoms with Crippen molar-refractivity contribution in [1.82, 2.24) is 10.2 Å². The second-order valence-electron chi connectivity index (χ2n) is 10.8. The number of hydrogen-bond acceptors (Lipinski definition) is 5. The molecule has 46 heavy (non-hydrogen) atoms. The molecule has 0 aliphatic carbocycles. The van der Waals surface area contributed by atoms with Crippen LogP contribution >= 0.6 is 11.6 Å². The fraction of sp³-hybridized carbons (Fsp3) is 0.257. The Labute approximate surface area is 274 Å². The molecule has 0 fully saturated rings. The van der Waals surface area contributed by atoms with Gasteiger partial charge in [0.2, 0.25) is 11.8 Å². The fourth-order valence-electron chi connectivity index (χ4n) is 4.87. The molecule has 4 aromatic rings. The van der Waals surface area contributed by atoms with Gasteiger partial charge >= 0.3 is 0 Å². The van der Waals surface area contributed by atoms with Crippen LogP contribution < -0.4 is 14.4 Å². The van der Waals surface area contributed by atoms with Gasteiger partial charge in [-0.1, -0.05) is 79.2 Å². The van der Waals surface area contributed by atoms with E-state index in [0.717, 1.165) is 9.87 Å². The van der Waals surface area contributed by atoms with Crippen LogP contribution in [0.4, 0.5) is 10.1 Å². The van der Waals surface area contributed by atoms with E-state index in [1.54, 1.807) is 24.3 Å². The first-order chi connectivity index (χ1) is 22.0. The van der Waals surface area contributed by atoms with Crippen LogP contribution in [0.25, 0.3) is 0 Å². The van der Waals surface area contributed by atoms with Gasteiger partial charge in [-0.3, -0.25) is 13.9 Å². The molecular formula is C35H37ClFN3O5S. The highest BCUT2D eigenvalue weighted by molar-refractivity contribution is 7.92. The standard InChI is InChI=1S/C35H37ClFN3O5S/c1-4-25(2)38-35(42)32(21-26-11-7-5-8-12-26)39(23-27-15-18-29(37)19-16-27)34(41)24-40(31-22-28(36)17-20-33(31)45-3)46(43,44)30-13-9-6-10-14-30/h5-20,22,25,32H,4,21,23-24H2,1-3H3,(H,38,42)/t25-,32+/m1/s1. The molecule has 242 valence electrons. The highest BCUT2D eigenvalue weighted by atomic mass is 35.5. The molecule has 0 aliphatic rings. The number of anilines is 1. The predicted octanol–water partition coefficient (Wildman–Crippen LogP) is 6.24. The second-order valence-corrected chi connectivity index (χ2v) is 13.1. The molecule has 0 heterocycles. The van der Waals surface area contributed by atoms with Crippen LogP contribution in [0.3, 0.4) is 0 Å². The molecule has 0 aromatic heterocycles. The molecule has 0 saturated heterocycles. The normalized spacial score (nSPS) is 12.5. The molecule has 1 N–H and O–H groups in total. The molecule has 2 atom stereocenters. The van der Waals surface area contributed by atoms with Crippen LogP contribution in [0.1, 0.15) is 31.4 Å². The van der Waals surface area contributed by atoms with E-state index < -0.39 is 40.2 Å². The Morgan fingerprint density at radius 1 is 0.913 bits per heavy atom. The number of ether oxygens (including phenoxy) is 1. The molecule has 0 bridgehead atoms. The van der Waals surface area contributed by atoms with Gasteiger partial charge < -0.3 is 15.0 Å². The first kappa shape index (κ1) is 34.5. The summed E-state index contributed by atoms with van der Waals surface area (Å²) in [6, 6.07) is 25.8. The third kappa shape index (κ3) is 8.64. The van der Waals surface area contributed by atoms with Gasteiger partial charge in [0.25, 0.3) is 10.0 Å². The number of halogens is 2. The third-order valence-corrected chi connectivity index (χ3v) is 9.57. The highest BCUT2D eigenvalue weighted by Gasteiger charge is 2.36. The van der Waals surface area contributed by atoms with E-state index >= 15 is 0 Å². The lowest BCUT2D eigenvalue weighted by molar-refractivity contribution is -0.140. The number of methoxy groups -OCH3 is 1. The first-order valence-corrected chi connectivity index (χ1v) is 16.6. The topological polar surface area (TPSA) is 96.0 Å². The molecule has 0 radical (unpaired) electrons. The van der Waals surface area contributed by atoms with Crippen LogP contribution in [0.15, 0.2) is 108 Å². The van der Waals surface area contributed by atoms with Crippen molar-refractivity contribution in [3.8, 4) is 5.75 Å². The van der Waals surface area contributed by atoms with Crippen LogP contribution in [0.5, 0.6) is 5.75 Å². The lowest BCUT2D eigenvalue weighted by atomic mass is 10.0. The largest absolute Gasteiger partial charge is 0.495 e. The maximum Gasteiger partial charge on any atom is 0.264 e. The minimum atomic E-state index is -4.34. The average Bonchev–Trinajstić information content (AvgIpc) is 3.06. The molecule has 0 saturated carbocycles. The summed E-state index contributed by atoms with van der Waals surface area (Å²) in [5, 5.41) is 3.22. The summed E-state index contributed by atoms with van der Waals surface area (Å²) in [7, 11) is -2.95. The molecule has 0 unspecified atom stereocenters. The number of carbonyl (C=O) groups excluding carboxylic acids is 2. The van der Waals surface area contributed by atoms with E-state index in [9.17, 15) is 22.4 Å². The van der Waals surface area contributed by atoms with Gasteiger partial charge in [-0.2, -0.15) is 0 Å². The molecule has 4 rings (SSSR count). The molecule has 0 aliphatic heterocycles. The Hall–Kier alpha value is -4.41. The third-order valence-electron chi connectivity index (χ3n) is 7.56. The zero-order chi connectivity index (χ0) is 33.3. The summed E-state index contributed by atoms with van der Waals surface area (Å²) in [6.07, 6.45) is 0.815. The number of benzene rings is 4. The molecule has 4 aromatic carbocycles. The van der Waals surface area contributed by atoms with Crippen molar-refractivity contribution in [2.24, 2.45) is 0 Å². The van der Waals surface area contributed by atoms with Crippen molar-refractivity contribution >= 4 is 39.1 Å². The van der Waals surface area contributed by atoms with E-state index in [1.807, 2.05) is 44.2 Å². The molecule has 11 heteroatoms. The van der Waals surface area contributed by atoms with Gasteiger partial charge in [-0.05, 0) is 66.9 Å². The SMILES string of the molecule is CC[C@@H](C)NC(=O)[C@H](Cc1ccccc1)N(Cc1ccc(F)cc1)C(=O)CN(c1cc(Cl)ccc1OC)S(=O)(=O)c1ccccc1. The molecule has 0 spiro atoms. The minimum Gasteiger partial charge on any atom is -0.495 e. The van der Waals surface area contributed by atoms with Gasteiger partial charge in [0.05, 0.1) is 17.7 Å². The van der Waals surface area contributed by atoms with Gasteiger partial charge in [0.1, 0.15) is 24.2 Å². The fourth-order valence-corrected chi connectivity index (χ4v) is 6.48. The Balaban J connectivity index is 1.84. The first-order valence-electron chi connectivity index (χ1n) is 14.8. The van der Waals surface area contributed by atoms with Crippen molar-refractivity contribution in [2.75, 3.05) is 18.0 Å². The van der Waals surface area contributed by atoms with E-state index in [2.05, 4.69) is 5.32 Å². The Kier molecular flexibility index (Phi) is 11.8. The van der Waals surface area contributed by atoms with Gasteiger partial charge in [0, 0.05) is 24.0 Å². The number of rotatable bonds is 14. The molecule has 2 amide bonds. The summed E-state index contributed by atoms with van der Waals surface area (Å²) >= 11 is 6.32. The van der Waals surface area contributed by atoms with Crippen molar-refractivity contribution in [3.63, 3.8) is 0 Å². The molecule has 8 nitrogen and oxygen atoms in total. The van der Waals surface area contributed by atoms with Crippen LogP contribution in [-0.2, 0) is 32.6 Å². The Morgan fingerprint density at radius 2 is 1.54 bits per heavy atom. The Bertz CT molecular complexity index is 1720. The Morgan fingerprint density at radius 3 is 2.15 bits per heavy atom. The highest BCUT2D eigenvalue weighted by Crippen LogP contribution is 2.35. The summed E-state index contributed by atoms with van der Waals surface area (Å²) in [4.78, 5) is 29.7. The van der Waals surface area contributed by atoms with Crippen LogP contribution in [0.2, 0.25) is 5.02 Å². The number of amides is 2. The van der Waals surface area contributed by atoms with Crippen molar-refractivity contribution in [1.29, 1.82) is 0 Å². The zero-order valence-corrected chi connectivity index (χ0v) is 27.5. The summed E-state index contributed by atoms with van der Waals surface area (Å²) < 4.78 is 48.7. The van der Waals surface area contributed by atoms with E-state index in [0.29, 0.717) is 12.0 Å². The smallest absolute Gasteiger partial charge is 0.264 e. The van der Waals surface area contributed by atoms with Crippen molar-refractivity contribution < 1.29 is 27.1 Å². The van der Waals surface area contributed by atoms with E-state index in [1.165, 1.54) is 60.5 Å². The lowest BCUT2D eigenvalue weighted by Crippen LogP contribution is -2.54. The monoisotopic (exact) mass is 665 g/mol. The number of nitrogens with one attached hydrogen (secondary N) is 1. The lowest BCUT2D eigenvalue weighted by Gasteiger charge is -2.34. The predicted molar refractivity (Wildman–Crippen MR) is 178 cm³/mol. The number of sulfonamides is 1. The van der Waals surface area contributed by atoms with Crippen LogP contribution in [-0.4, -0.2) is 50.9 Å². The number of hydrogen-bond donors (Lipinski definition) is 1. The second kappa shape index (κ2) is 15.7. The minimum absolute atomic E-state index is 0.0507. The van der Waals surface area contributed by atoms with E-state index in [4.69, 9.17) is 16.3 Å². The van der Waals surface area contributed by atoms with Crippen molar-refractivity contribution in [3.05, 3.63) is 125 Å². The van der Waals surface area contributed by atoms with Gasteiger partial charge in [0.15, 0.2) is 0 Å². The quantitative estimate of drug-likeness (QED) is 0.172. The number of carbonyl (C=O) groups is 2. The van der Waals surface area contributed by atoms with Gasteiger partial charge in [-0.25, -0.2) is 12.8 Å². The van der Waals surface area contributed by atoms with E-state index in [-0.39, 0.29) is 40.4 Å². The summed E-state index contributed by atoms with van der Waals surface area (Å²) in [6.45, 7) is 3.03. The zero-order valence-electron chi connectivity index (χ0n) is 25.9.